The topological polar surface area (TPSA) is 94.8 Å². The van der Waals surface area contributed by atoms with Crippen LogP contribution in [0.1, 0.15) is 73.0 Å². The zero-order valence-corrected chi connectivity index (χ0v) is 21.1. The van der Waals surface area contributed by atoms with Gasteiger partial charge in [-0.25, -0.2) is 0 Å². The van der Waals surface area contributed by atoms with Crippen LogP contribution in [0, 0.1) is 13.8 Å². The summed E-state index contributed by atoms with van der Waals surface area (Å²) in [5, 5.41) is 22.1. The maximum Gasteiger partial charge on any atom is 0.236 e. The second kappa shape index (κ2) is 10.6. The van der Waals surface area contributed by atoms with E-state index in [4.69, 9.17) is 4.74 Å². The number of carbonyl (C=O) groups is 1. The molecular weight excluding hydrogens is 456 g/mol. The van der Waals surface area contributed by atoms with Crippen LogP contribution in [-0.4, -0.2) is 36.6 Å². The average molecular weight is 487 g/mol. The van der Waals surface area contributed by atoms with Crippen LogP contribution in [-0.2, 0) is 11.8 Å². The summed E-state index contributed by atoms with van der Waals surface area (Å²) in [7, 11) is 1.89. The highest BCUT2D eigenvalue weighted by molar-refractivity contribution is 7.99. The third-order valence-electron chi connectivity index (χ3n) is 6.06. The van der Waals surface area contributed by atoms with Crippen LogP contribution in [0.25, 0.3) is 0 Å². The van der Waals surface area contributed by atoms with Crippen molar-refractivity contribution >= 4 is 34.1 Å². The fourth-order valence-electron chi connectivity index (χ4n) is 3.99. The van der Waals surface area contributed by atoms with Crippen molar-refractivity contribution in [3.8, 4) is 5.75 Å². The zero-order valence-electron chi connectivity index (χ0n) is 19.5. The number of benzene rings is 1. The fourth-order valence-corrected chi connectivity index (χ4v) is 5.63. The maximum atomic E-state index is 12.5. The van der Waals surface area contributed by atoms with Crippen LogP contribution in [0.3, 0.4) is 0 Å². The Morgan fingerprint density at radius 3 is 2.79 bits per heavy atom. The highest BCUT2D eigenvalue weighted by atomic mass is 32.2. The molecule has 2 heterocycles. The molecule has 33 heavy (non-hydrogen) atoms. The number of aryl methyl sites for hydroxylation is 1. The van der Waals surface area contributed by atoms with Gasteiger partial charge >= 0.3 is 0 Å². The Morgan fingerprint density at radius 2 is 2.00 bits per heavy atom. The summed E-state index contributed by atoms with van der Waals surface area (Å²) in [6.45, 7) is 6.06. The minimum absolute atomic E-state index is 0.129. The molecule has 1 N–H and O–H groups in total. The number of nitrogens with one attached hydrogen (secondary N) is 1. The Bertz CT molecular complexity index is 1110. The van der Waals surface area contributed by atoms with Gasteiger partial charge in [-0.1, -0.05) is 54.5 Å². The quantitative estimate of drug-likeness (QED) is 0.437. The lowest BCUT2D eigenvalue weighted by molar-refractivity contribution is -0.113. The summed E-state index contributed by atoms with van der Waals surface area (Å²) >= 11 is 2.83. The number of carbonyl (C=O) groups excluding carboxylic acids is 1. The molecule has 3 aromatic rings. The molecule has 0 bridgehead atoms. The van der Waals surface area contributed by atoms with E-state index in [1.807, 2.05) is 37.6 Å². The number of anilines is 1. The van der Waals surface area contributed by atoms with Crippen molar-refractivity contribution in [1.29, 1.82) is 0 Å². The molecule has 4 rings (SSSR count). The number of hydrogen-bond acceptors (Lipinski definition) is 8. The molecule has 0 radical (unpaired) electrons. The van der Waals surface area contributed by atoms with Crippen LogP contribution in [0.4, 0.5) is 5.13 Å². The highest BCUT2D eigenvalue weighted by Crippen LogP contribution is 2.35. The van der Waals surface area contributed by atoms with E-state index >= 15 is 0 Å². The van der Waals surface area contributed by atoms with Gasteiger partial charge in [0.1, 0.15) is 10.8 Å². The van der Waals surface area contributed by atoms with Crippen molar-refractivity contribution < 1.29 is 9.53 Å². The SMILES string of the molecule is Cc1cccc(OC(C)c2nnc(SCC(=O)Nc3nnc(C4CCCCC4)s3)n2C)c1C. The van der Waals surface area contributed by atoms with Crippen LogP contribution in [0.15, 0.2) is 23.4 Å². The molecule has 1 unspecified atom stereocenters. The fraction of sp³-hybridized carbons (Fsp3) is 0.522. The van der Waals surface area contributed by atoms with Gasteiger partial charge in [0.05, 0.1) is 5.75 Å². The van der Waals surface area contributed by atoms with Gasteiger partial charge in [-0.05, 0) is 50.8 Å². The van der Waals surface area contributed by atoms with Crippen molar-refractivity contribution in [3.63, 3.8) is 0 Å². The first-order valence-corrected chi connectivity index (χ1v) is 13.1. The third-order valence-corrected chi connectivity index (χ3v) is 8.09. The van der Waals surface area contributed by atoms with Crippen molar-refractivity contribution in [1.82, 2.24) is 25.0 Å². The number of thioether (sulfide) groups is 1. The highest BCUT2D eigenvalue weighted by Gasteiger charge is 2.21. The van der Waals surface area contributed by atoms with E-state index in [1.54, 1.807) is 0 Å². The molecule has 2 aromatic heterocycles. The van der Waals surface area contributed by atoms with E-state index in [1.165, 1.54) is 60.8 Å². The molecule has 10 heteroatoms. The molecule has 8 nitrogen and oxygen atoms in total. The lowest BCUT2D eigenvalue weighted by Crippen LogP contribution is -2.14. The first-order chi connectivity index (χ1) is 15.9. The number of ether oxygens (including phenoxy) is 1. The van der Waals surface area contributed by atoms with Crippen LogP contribution < -0.4 is 10.1 Å². The summed E-state index contributed by atoms with van der Waals surface area (Å²) in [5.41, 5.74) is 2.29. The van der Waals surface area contributed by atoms with Gasteiger partial charge in [-0.15, -0.1) is 20.4 Å². The molecule has 1 saturated carbocycles. The van der Waals surface area contributed by atoms with Crippen LogP contribution in [0.2, 0.25) is 0 Å². The van der Waals surface area contributed by atoms with Crippen LogP contribution in [0.5, 0.6) is 5.75 Å². The van der Waals surface area contributed by atoms with Crippen molar-refractivity contribution in [2.75, 3.05) is 11.1 Å². The zero-order chi connectivity index (χ0) is 23.4. The minimum Gasteiger partial charge on any atom is -0.482 e. The summed E-state index contributed by atoms with van der Waals surface area (Å²) < 4.78 is 8.01. The summed E-state index contributed by atoms with van der Waals surface area (Å²) in [6, 6.07) is 6.01. The van der Waals surface area contributed by atoms with E-state index in [9.17, 15) is 4.79 Å². The Balaban J connectivity index is 1.31. The second-order valence-electron chi connectivity index (χ2n) is 8.48. The van der Waals surface area contributed by atoms with Gasteiger partial charge in [0, 0.05) is 13.0 Å². The van der Waals surface area contributed by atoms with Gasteiger partial charge in [-0.3, -0.25) is 10.1 Å². The lowest BCUT2D eigenvalue weighted by atomic mass is 9.90. The van der Waals surface area contributed by atoms with E-state index in [-0.39, 0.29) is 17.8 Å². The minimum atomic E-state index is -0.272. The molecule has 0 spiro atoms. The summed E-state index contributed by atoms with van der Waals surface area (Å²) in [5.74, 6) is 2.12. The predicted octanol–water partition coefficient (Wildman–Crippen LogP) is 5.20. The average Bonchev–Trinajstić information content (AvgIpc) is 3.42. The Hall–Kier alpha value is -2.46. The maximum absolute atomic E-state index is 12.5. The Labute approximate surface area is 202 Å². The molecule has 1 aliphatic carbocycles. The van der Waals surface area contributed by atoms with Crippen molar-refractivity contribution in [2.45, 2.75) is 70.1 Å². The molecule has 1 atom stereocenters. The second-order valence-corrected chi connectivity index (χ2v) is 10.4. The Morgan fingerprint density at radius 1 is 1.21 bits per heavy atom. The lowest BCUT2D eigenvalue weighted by Gasteiger charge is -2.18. The van der Waals surface area contributed by atoms with Gasteiger partial charge in [0.15, 0.2) is 17.1 Å². The first-order valence-electron chi connectivity index (χ1n) is 11.3. The van der Waals surface area contributed by atoms with Crippen LogP contribution >= 0.6 is 23.1 Å². The molecule has 0 saturated heterocycles. The van der Waals surface area contributed by atoms with Gasteiger partial charge in [0.2, 0.25) is 11.0 Å². The van der Waals surface area contributed by atoms with Gasteiger partial charge in [0.25, 0.3) is 0 Å². The monoisotopic (exact) mass is 486 g/mol. The standard InChI is InChI=1S/C23H30N6O2S2/c1-14-9-8-12-18(15(14)2)31-16(3)20-25-28-23(29(20)4)32-13-19(30)24-22-27-26-21(33-22)17-10-6-5-7-11-17/h8-9,12,16-17H,5-7,10-11,13H2,1-4H3,(H,24,27,30). The number of nitrogens with zero attached hydrogens (tertiary/aromatic N) is 5. The third kappa shape index (κ3) is 5.73. The Kier molecular flexibility index (Phi) is 7.64. The molecular formula is C23H30N6O2S2. The van der Waals surface area contributed by atoms with E-state index in [0.717, 1.165) is 16.3 Å². The number of amides is 1. The molecule has 1 aromatic carbocycles. The molecule has 1 fully saturated rings. The molecule has 0 aliphatic heterocycles. The first kappa shape index (κ1) is 23.7. The number of aromatic nitrogens is 5. The van der Waals surface area contributed by atoms with E-state index in [0.29, 0.717) is 22.0 Å². The van der Waals surface area contributed by atoms with E-state index < -0.39 is 0 Å². The van der Waals surface area contributed by atoms with Crippen molar-refractivity contribution in [2.24, 2.45) is 7.05 Å². The molecule has 1 aliphatic rings. The summed E-state index contributed by atoms with van der Waals surface area (Å²) in [6.07, 6.45) is 5.85. The largest absolute Gasteiger partial charge is 0.482 e. The number of hydrogen-bond donors (Lipinski definition) is 1. The smallest absolute Gasteiger partial charge is 0.236 e. The molecule has 1 amide bonds. The molecule has 176 valence electrons. The van der Waals surface area contributed by atoms with Gasteiger partial charge < -0.3 is 9.30 Å². The summed E-state index contributed by atoms with van der Waals surface area (Å²) in [4.78, 5) is 12.5. The van der Waals surface area contributed by atoms with E-state index in [2.05, 4.69) is 38.7 Å². The normalized spacial score (nSPS) is 15.4. The van der Waals surface area contributed by atoms with Crippen molar-refractivity contribution in [3.05, 3.63) is 40.2 Å². The predicted molar refractivity (Wildman–Crippen MR) is 131 cm³/mol. The van der Waals surface area contributed by atoms with Gasteiger partial charge in [-0.2, -0.15) is 0 Å². The number of rotatable bonds is 8.